The second-order valence-corrected chi connectivity index (χ2v) is 3.71. The third kappa shape index (κ3) is 2.15. The van der Waals surface area contributed by atoms with Crippen molar-refractivity contribution in [3.8, 4) is 6.07 Å². The molecule has 0 spiro atoms. The molecule has 0 unspecified atom stereocenters. The van der Waals surface area contributed by atoms with Crippen molar-refractivity contribution in [2.24, 2.45) is 7.05 Å². The van der Waals surface area contributed by atoms with E-state index in [1.807, 2.05) is 6.07 Å². The van der Waals surface area contributed by atoms with E-state index in [4.69, 9.17) is 11.0 Å². The largest absolute Gasteiger partial charge is 0.399 e. The molecule has 1 aromatic carbocycles. The smallest absolute Gasteiger partial charge is 0.273 e. The van der Waals surface area contributed by atoms with Gasteiger partial charge in [0.2, 0.25) is 0 Å². The van der Waals surface area contributed by atoms with Crippen molar-refractivity contribution >= 4 is 17.3 Å². The Labute approximate surface area is 104 Å². The van der Waals surface area contributed by atoms with Crippen LogP contribution >= 0.6 is 0 Å². The Morgan fingerprint density at radius 3 is 2.89 bits per heavy atom. The number of amides is 1. The first kappa shape index (κ1) is 11.7. The average Bonchev–Trinajstić information content (AvgIpc) is 2.77. The molecule has 2 aromatic rings. The van der Waals surface area contributed by atoms with Crippen LogP contribution in [-0.2, 0) is 7.05 Å². The van der Waals surface area contributed by atoms with Gasteiger partial charge in [0.15, 0.2) is 0 Å². The van der Waals surface area contributed by atoms with Crippen LogP contribution in [-0.4, -0.2) is 15.7 Å². The number of rotatable bonds is 2. The minimum atomic E-state index is -0.323. The van der Waals surface area contributed by atoms with E-state index in [1.165, 1.54) is 16.9 Å². The number of aromatic nitrogens is 2. The van der Waals surface area contributed by atoms with E-state index in [1.54, 1.807) is 25.2 Å². The molecule has 90 valence electrons. The minimum absolute atomic E-state index is 0.323. The Bertz CT molecular complexity index is 638. The van der Waals surface area contributed by atoms with Gasteiger partial charge in [0.1, 0.15) is 11.8 Å². The molecule has 0 aliphatic rings. The molecular weight excluding hydrogens is 230 g/mol. The van der Waals surface area contributed by atoms with Crippen LogP contribution in [0.3, 0.4) is 0 Å². The van der Waals surface area contributed by atoms with E-state index in [0.717, 1.165) is 0 Å². The lowest BCUT2D eigenvalue weighted by atomic mass is 10.1. The van der Waals surface area contributed by atoms with Crippen LogP contribution in [0.5, 0.6) is 0 Å². The van der Waals surface area contributed by atoms with Gasteiger partial charge in [-0.2, -0.15) is 10.4 Å². The zero-order valence-corrected chi connectivity index (χ0v) is 9.71. The first-order chi connectivity index (χ1) is 8.61. The molecule has 0 saturated carbocycles. The van der Waals surface area contributed by atoms with Crippen LogP contribution in [0.1, 0.15) is 16.1 Å². The number of nitrogens with one attached hydrogen (secondary N) is 1. The molecule has 6 heteroatoms. The number of nitrogens with two attached hydrogens (primary N) is 1. The van der Waals surface area contributed by atoms with Crippen molar-refractivity contribution in [1.29, 1.82) is 5.26 Å². The molecule has 1 heterocycles. The summed E-state index contributed by atoms with van der Waals surface area (Å²) in [6.45, 7) is 0. The molecule has 0 fully saturated rings. The van der Waals surface area contributed by atoms with Gasteiger partial charge in [0.25, 0.3) is 5.91 Å². The Kier molecular flexibility index (Phi) is 2.98. The highest BCUT2D eigenvalue weighted by atomic mass is 16.2. The van der Waals surface area contributed by atoms with Gasteiger partial charge in [-0.3, -0.25) is 9.48 Å². The van der Waals surface area contributed by atoms with Gasteiger partial charge in [0, 0.05) is 18.9 Å². The topological polar surface area (TPSA) is 96.7 Å². The van der Waals surface area contributed by atoms with Crippen molar-refractivity contribution < 1.29 is 4.79 Å². The highest BCUT2D eigenvalue weighted by molar-refractivity contribution is 6.03. The van der Waals surface area contributed by atoms with Crippen LogP contribution in [0, 0.1) is 11.3 Å². The molecular formula is C12H11N5O. The molecule has 0 aliphatic heterocycles. The molecule has 0 atom stereocenters. The van der Waals surface area contributed by atoms with E-state index in [0.29, 0.717) is 22.6 Å². The number of benzene rings is 1. The molecule has 1 aromatic heterocycles. The maximum absolute atomic E-state index is 11.9. The highest BCUT2D eigenvalue weighted by Crippen LogP contribution is 2.18. The van der Waals surface area contributed by atoms with Gasteiger partial charge >= 0.3 is 0 Å². The van der Waals surface area contributed by atoms with Crippen LogP contribution in [0.15, 0.2) is 30.5 Å². The normalized spacial score (nSPS) is 9.78. The van der Waals surface area contributed by atoms with Gasteiger partial charge in [-0.25, -0.2) is 0 Å². The van der Waals surface area contributed by atoms with E-state index in [-0.39, 0.29) is 5.91 Å². The predicted octanol–water partition coefficient (Wildman–Crippen LogP) is 1.13. The van der Waals surface area contributed by atoms with Crippen molar-refractivity contribution in [2.75, 3.05) is 11.1 Å². The summed E-state index contributed by atoms with van der Waals surface area (Å²) in [7, 11) is 1.67. The lowest BCUT2D eigenvalue weighted by molar-refractivity contribution is 0.101. The average molecular weight is 241 g/mol. The molecule has 0 radical (unpaired) electrons. The number of hydrogen-bond donors (Lipinski definition) is 2. The van der Waals surface area contributed by atoms with Crippen molar-refractivity contribution in [1.82, 2.24) is 9.78 Å². The number of hydrogen-bond acceptors (Lipinski definition) is 4. The van der Waals surface area contributed by atoms with Crippen LogP contribution in [0.25, 0.3) is 0 Å². The molecule has 0 aliphatic carbocycles. The maximum Gasteiger partial charge on any atom is 0.273 e. The van der Waals surface area contributed by atoms with E-state index in [2.05, 4.69) is 10.4 Å². The predicted molar refractivity (Wildman–Crippen MR) is 66.7 cm³/mol. The second-order valence-electron chi connectivity index (χ2n) is 3.71. The van der Waals surface area contributed by atoms with Gasteiger partial charge in [-0.1, -0.05) is 0 Å². The zero-order valence-electron chi connectivity index (χ0n) is 9.71. The van der Waals surface area contributed by atoms with Crippen molar-refractivity contribution in [2.45, 2.75) is 0 Å². The molecule has 0 saturated heterocycles. The summed E-state index contributed by atoms with van der Waals surface area (Å²) in [6, 6.07) is 8.32. The number of carbonyl (C=O) groups excluding carboxylic acids is 1. The van der Waals surface area contributed by atoms with Gasteiger partial charge in [-0.15, -0.1) is 0 Å². The fourth-order valence-corrected chi connectivity index (χ4v) is 1.55. The fourth-order valence-electron chi connectivity index (χ4n) is 1.55. The number of nitrogens with zero attached hydrogens (tertiary/aromatic N) is 3. The molecule has 1 amide bonds. The van der Waals surface area contributed by atoms with Crippen LogP contribution < -0.4 is 11.1 Å². The van der Waals surface area contributed by atoms with Crippen molar-refractivity contribution in [3.63, 3.8) is 0 Å². The summed E-state index contributed by atoms with van der Waals surface area (Å²) in [5.74, 6) is -0.323. The SMILES string of the molecule is Cn1nccc1C(=O)Nc1ccc(N)cc1C#N. The number of nitriles is 1. The number of anilines is 2. The highest BCUT2D eigenvalue weighted by Gasteiger charge is 2.12. The molecule has 6 nitrogen and oxygen atoms in total. The molecule has 0 bridgehead atoms. The third-order valence-corrected chi connectivity index (χ3v) is 2.47. The van der Waals surface area contributed by atoms with E-state index in [9.17, 15) is 4.79 Å². The van der Waals surface area contributed by atoms with E-state index < -0.39 is 0 Å². The minimum Gasteiger partial charge on any atom is -0.399 e. The van der Waals surface area contributed by atoms with Gasteiger partial charge < -0.3 is 11.1 Å². The number of carbonyl (C=O) groups is 1. The maximum atomic E-state index is 11.9. The first-order valence-corrected chi connectivity index (χ1v) is 5.21. The quantitative estimate of drug-likeness (QED) is 0.770. The fraction of sp³-hybridized carbons (Fsp3) is 0.0833. The Morgan fingerprint density at radius 2 is 2.28 bits per heavy atom. The van der Waals surface area contributed by atoms with Gasteiger partial charge in [0.05, 0.1) is 11.3 Å². The first-order valence-electron chi connectivity index (χ1n) is 5.21. The summed E-state index contributed by atoms with van der Waals surface area (Å²) < 4.78 is 1.46. The summed E-state index contributed by atoms with van der Waals surface area (Å²) in [5, 5.41) is 15.5. The van der Waals surface area contributed by atoms with Crippen molar-refractivity contribution in [3.05, 3.63) is 41.7 Å². The van der Waals surface area contributed by atoms with Gasteiger partial charge in [-0.05, 0) is 24.3 Å². The monoisotopic (exact) mass is 241 g/mol. The Hall–Kier alpha value is -2.81. The molecule has 18 heavy (non-hydrogen) atoms. The third-order valence-electron chi connectivity index (χ3n) is 2.47. The Morgan fingerprint density at radius 1 is 1.50 bits per heavy atom. The zero-order chi connectivity index (χ0) is 13.1. The number of aryl methyl sites for hydroxylation is 1. The molecule has 2 rings (SSSR count). The summed E-state index contributed by atoms with van der Waals surface area (Å²) >= 11 is 0. The lowest BCUT2D eigenvalue weighted by Gasteiger charge is -2.07. The second kappa shape index (κ2) is 4.59. The van der Waals surface area contributed by atoms with Crippen LogP contribution in [0.2, 0.25) is 0 Å². The summed E-state index contributed by atoms with van der Waals surface area (Å²) in [6.07, 6.45) is 1.53. The van der Waals surface area contributed by atoms with E-state index >= 15 is 0 Å². The van der Waals surface area contributed by atoms with Crippen LogP contribution in [0.4, 0.5) is 11.4 Å². The number of nitrogen functional groups attached to an aromatic ring is 1. The lowest BCUT2D eigenvalue weighted by Crippen LogP contribution is -2.16. The molecule has 3 N–H and O–H groups in total. The standard InChI is InChI=1S/C12H11N5O/c1-17-11(4-5-15-17)12(18)16-10-3-2-9(14)6-8(10)7-13/h2-6H,14H2,1H3,(H,16,18). The summed E-state index contributed by atoms with van der Waals surface area (Å²) in [5.41, 5.74) is 7.22. The Balaban J connectivity index is 2.28. The summed E-state index contributed by atoms with van der Waals surface area (Å²) in [4.78, 5) is 11.9.